The van der Waals surface area contributed by atoms with E-state index < -0.39 is 0 Å². The van der Waals surface area contributed by atoms with Crippen molar-refractivity contribution in [2.24, 2.45) is 0 Å². The molecule has 2 atom stereocenters. The number of hydrogen-bond acceptors (Lipinski definition) is 3. The largest absolute Gasteiger partial charge is 0.487 e. The van der Waals surface area contributed by atoms with Gasteiger partial charge in [0.1, 0.15) is 11.9 Å². The molecule has 1 aromatic rings. The SMILES string of the molecule is CCNCc1cc(Br)cc(C)c1OC1CCCCCC1O. The second-order valence-electron chi connectivity index (χ2n) is 5.85. The van der Waals surface area contributed by atoms with E-state index in [1.54, 1.807) is 0 Å². The summed E-state index contributed by atoms with van der Waals surface area (Å²) in [6.45, 7) is 5.88. The minimum absolute atomic E-state index is 0.0762. The van der Waals surface area contributed by atoms with Gasteiger partial charge in [-0.1, -0.05) is 35.7 Å². The molecule has 0 spiro atoms. The van der Waals surface area contributed by atoms with E-state index in [9.17, 15) is 5.11 Å². The number of halogens is 1. The van der Waals surface area contributed by atoms with Crippen LogP contribution in [0.25, 0.3) is 0 Å². The Kier molecular flexibility index (Phi) is 6.52. The second-order valence-corrected chi connectivity index (χ2v) is 6.77. The Labute approximate surface area is 136 Å². The molecule has 0 saturated heterocycles. The van der Waals surface area contributed by atoms with Gasteiger partial charge in [0, 0.05) is 16.6 Å². The summed E-state index contributed by atoms with van der Waals surface area (Å²) in [5.41, 5.74) is 2.27. The van der Waals surface area contributed by atoms with Crippen LogP contribution >= 0.6 is 15.9 Å². The molecule has 0 radical (unpaired) electrons. The highest BCUT2D eigenvalue weighted by molar-refractivity contribution is 9.10. The summed E-state index contributed by atoms with van der Waals surface area (Å²) in [6.07, 6.45) is 4.81. The molecule has 1 aliphatic rings. The lowest BCUT2D eigenvalue weighted by Gasteiger charge is -2.25. The predicted octanol–water partition coefficient (Wildman–Crippen LogP) is 3.94. The van der Waals surface area contributed by atoms with E-state index in [1.165, 1.54) is 6.42 Å². The Morgan fingerprint density at radius 3 is 2.81 bits per heavy atom. The summed E-state index contributed by atoms with van der Waals surface area (Å²) in [5, 5.41) is 13.6. The summed E-state index contributed by atoms with van der Waals surface area (Å²) < 4.78 is 7.32. The predicted molar refractivity (Wildman–Crippen MR) is 89.8 cm³/mol. The molecule has 2 rings (SSSR count). The first-order valence-electron chi connectivity index (χ1n) is 7.96. The van der Waals surface area contributed by atoms with E-state index >= 15 is 0 Å². The number of nitrogens with one attached hydrogen (secondary N) is 1. The van der Waals surface area contributed by atoms with Crippen LogP contribution in [0.15, 0.2) is 16.6 Å². The molecule has 1 aromatic carbocycles. The van der Waals surface area contributed by atoms with Crippen LogP contribution in [0.5, 0.6) is 5.75 Å². The molecular formula is C17H26BrNO2. The smallest absolute Gasteiger partial charge is 0.127 e. The molecule has 0 amide bonds. The van der Waals surface area contributed by atoms with Gasteiger partial charge in [0.2, 0.25) is 0 Å². The lowest BCUT2D eigenvalue weighted by Crippen LogP contribution is -2.31. The Hall–Kier alpha value is -0.580. The Bertz CT molecular complexity index is 464. The van der Waals surface area contributed by atoms with Crippen LogP contribution in [0.3, 0.4) is 0 Å². The van der Waals surface area contributed by atoms with E-state index in [-0.39, 0.29) is 12.2 Å². The lowest BCUT2D eigenvalue weighted by atomic mass is 10.1. The topological polar surface area (TPSA) is 41.5 Å². The van der Waals surface area contributed by atoms with Gasteiger partial charge in [0.25, 0.3) is 0 Å². The Morgan fingerprint density at radius 2 is 2.05 bits per heavy atom. The van der Waals surface area contributed by atoms with Crippen molar-refractivity contribution in [1.82, 2.24) is 5.32 Å². The van der Waals surface area contributed by atoms with Crippen molar-refractivity contribution in [3.05, 3.63) is 27.7 Å². The third-order valence-corrected chi connectivity index (χ3v) is 4.53. The third-order valence-electron chi connectivity index (χ3n) is 4.07. The molecule has 1 saturated carbocycles. The van der Waals surface area contributed by atoms with Crippen molar-refractivity contribution in [3.63, 3.8) is 0 Å². The highest BCUT2D eigenvalue weighted by Gasteiger charge is 2.24. The fourth-order valence-electron chi connectivity index (χ4n) is 2.90. The van der Waals surface area contributed by atoms with Gasteiger partial charge in [-0.2, -0.15) is 0 Å². The molecule has 3 nitrogen and oxygen atoms in total. The van der Waals surface area contributed by atoms with Crippen molar-refractivity contribution >= 4 is 15.9 Å². The van der Waals surface area contributed by atoms with E-state index in [0.717, 1.165) is 60.1 Å². The number of aryl methyl sites for hydroxylation is 1. The first-order valence-corrected chi connectivity index (χ1v) is 8.75. The van der Waals surface area contributed by atoms with Gasteiger partial charge >= 0.3 is 0 Å². The van der Waals surface area contributed by atoms with E-state index in [4.69, 9.17) is 4.74 Å². The summed E-state index contributed by atoms with van der Waals surface area (Å²) in [6, 6.07) is 4.18. The van der Waals surface area contributed by atoms with Crippen LogP contribution in [0.2, 0.25) is 0 Å². The minimum Gasteiger partial charge on any atom is -0.487 e. The average molecular weight is 356 g/mol. The number of ether oxygens (including phenoxy) is 1. The molecule has 118 valence electrons. The number of aliphatic hydroxyl groups is 1. The Balaban J connectivity index is 2.20. The second kappa shape index (κ2) is 8.16. The number of hydrogen-bond donors (Lipinski definition) is 2. The zero-order valence-corrected chi connectivity index (χ0v) is 14.6. The van der Waals surface area contributed by atoms with Crippen LogP contribution in [0, 0.1) is 6.92 Å². The van der Waals surface area contributed by atoms with Gasteiger partial charge in [-0.3, -0.25) is 0 Å². The molecule has 2 N–H and O–H groups in total. The van der Waals surface area contributed by atoms with Crippen LogP contribution in [-0.2, 0) is 6.54 Å². The lowest BCUT2D eigenvalue weighted by molar-refractivity contribution is 0.0310. The number of rotatable bonds is 5. The molecule has 2 unspecified atom stereocenters. The van der Waals surface area contributed by atoms with E-state index in [2.05, 4.69) is 47.2 Å². The molecule has 0 bridgehead atoms. The number of benzene rings is 1. The maximum Gasteiger partial charge on any atom is 0.127 e. The van der Waals surface area contributed by atoms with Crippen LogP contribution in [0.4, 0.5) is 0 Å². The van der Waals surface area contributed by atoms with Crippen LogP contribution < -0.4 is 10.1 Å². The van der Waals surface area contributed by atoms with Gasteiger partial charge in [-0.05, 0) is 50.4 Å². The highest BCUT2D eigenvalue weighted by Crippen LogP contribution is 2.31. The van der Waals surface area contributed by atoms with Gasteiger partial charge in [-0.15, -0.1) is 0 Å². The standard InChI is InChI=1S/C17H26BrNO2/c1-3-19-11-13-10-14(18)9-12(2)17(13)21-16-8-6-4-5-7-15(16)20/h9-10,15-16,19-20H,3-8,11H2,1-2H3. The number of aliphatic hydroxyl groups excluding tert-OH is 1. The summed E-state index contributed by atoms with van der Waals surface area (Å²) >= 11 is 3.56. The molecule has 0 aliphatic heterocycles. The van der Waals surface area contributed by atoms with E-state index in [1.807, 2.05) is 0 Å². The molecule has 1 fully saturated rings. The quantitative estimate of drug-likeness (QED) is 0.786. The third kappa shape index (κ3) is 4.70. The van der Waals surface area contributed by atoms with Crippen molar-refractivity contribution in [1.29, 1.82) is 0 Å². The summed E-state index contributed by atoms with van der Waals surface area (Å²) in [4.78, 5) is 0. The van der Waals surface area contributed by atoms with Crippen LogP contribution in [-0.4, -0.2) is 23.9 Å². The minimum atomic E-state index is -0.345. The molecular weight excluding hydrogens is 330 g/mol. The van der Waals surface area contributed by atoms with Gasteiger partial charge in [0.05, 0.1) is 6.10 Å². The maximum atomic E-state index is 10.3. The highest BCUT2D eigenvalue weighted by atomic mass is 79.9. The van der Waals surface area contributed by atoms with Gasteiger partial charge < -0.3 is 15.2 Å². The van der Waals surface area contributed by atoms with Gasteiger partial charge in [-0.25, -0.2) is 0 Å². The van der Waals surface area contributed by atoms with Crippen molar-refractivity contribution < 1.29 is 9.84 Å². The van der Waals surface area contributed by atoms with Gasteiger partial charge in [0.15, 0.2) is 0 Å². The Morgan fingerprint density at radius 1 is 1.29 bits per heavy atom. The van der Waals surface area contributed by atoms with Crippen molar-refractivity contribution in [3.8, 4) is 5.75 Å². The normalized spacial score (nSPS) is 22.9. The monoisotopic (exact) mass is 355 g/mol. The molecule has 1 aliphatic carbocycles. The average Bonchev–Trinajstić information content (AvgIpc) is 2.64. The molecule has 21 heavy (non-hydrogen) atoms. The van der Waals surface area contributed by atoms with Crippen LogP contribution in [0.1, 0.15) is 50.2 Å². The maximum absolute atomic E-state index is 10.3. The van der Waals surface area contributed by atoms with Crippen molar-refractivity contribution in [2.75, 3.05) is 6.54 Å². The zero-order valence-electron chi connectivity index (χ0n) is 13.0. The van der Waals surface area contributed by atoms with Crippen molar-refractivity contribution in [2.45, 2.75) is 64.7 Å². The summed E-state index contributed by atoms with van der Waals surface area (Å²) in [5.74, 6) is 0.935. The fourth-order valence-corrected chi connectivity index (χ4v) is 3.52. The molecule has 4 heteroatoms. The fraction of sp³-hybridized carbons (Fsp3) is 0.647. The first-order chi connectivity index (χ1) is 10.1. The molecule has 0 aromatic heterocycles. The zero-order chi connectivity index (χ0) is 15.2. The molecule has 0 heterocycles. The summed E-state index contributed by atoms with van der Waals surface area (Å²) in [7, 11) is 0. The first kappa shape index (κ1) is 16.8. The van der Waals surface area contributed by atoms with E-state index in [0.29, 0.717) is 0 Å².